The maximum atomic E-state index is 3.57. The Kier molecular flexibility index (Phi) is 11.3. The molecule has 0 amide bonds. The first-order valence-corrected chi connectivity index (χ1v) is 7.17. The highest BCUT2D eigenvalue weighted by Gasteiger charge is 2.05. The van der Waals surface area contributed by atoms with Crippen LogP contribution in [0.5, 0.6) is 0 Å². The first-order valence-electron chi connectivity index (χ1n) is 5.64. The first-order chi connectivity index (χ1) is 6.35. The van der Waals surface area contributed by atoms with E-state index in [-0.39, 0.29) is 0 Å². The van der Waals surface area contributed by atoms with Crippen LogP contribution in [0.25, 0.3) is 0 Å². The molecule has 2 heteroatoms. The monoisotopic (exact) mass is 297 g/mol. The van der Waals surface area contributed by atoms with Crippen LogP contribution < -0.4 is 5.32 Å². The van der Waals surface area contributed by atoms with Gasteiger partial charge in [0.25, 0.3) is 0 Å². The molecule has 0 saturated carbocycles. The average molecular weight is 297 g/mol. The zero-order chi connectivity index (χ0) is 9.94. The lowest BCUT2D eigenvalue weighted by atomic mass is 10.0. The fraction of sp³-hybridized carbons (Fsp3) is 1.00. The van der Waals surface area contributed by atoms with Crippen molar-refractivity contribution in [2.24, 2.45) is 0 Å². The van der Waals surface area contributed by atoms with Crippen LogP contribution in [-0.2, 0) is 0 Å². The predicted molar refractivity (Wildman–Crippen MR) is 69.7 cm³/mol. The van der Waals surface area contributed by atoms with Crippen LogP contribution in [0.3, 0.4) is 0 Å². The molecular formula is C11H24IN. The normalized spacial score (nSPS) is 13.2. The van der Waals surface area contributed by atoms with E-state index in [1.807, 2.05) is 0 Å². The molecule has 0 rings (SSSR count). The Morgan fingerprint density at radius 3 is 2.31 bits per heavy atom. The molecule has 0 heterocycles. The van der Waals surface area contributed by atoms with Crippen molar-refractivity contribution in [3.63, 3.8) is 0 Å². The van der Waals surface area contributed by atoms with Crippen LogP contribution in [-0.4, -0.2) is 17.0 Å². The molecule has 0 bridgehead atoms. The standard InChI is InChI=1S/C11H24IN/c1-3-5-6-8-11(13-4-2)9-7-10-12/h11,13H,3-10H2,1-2H3. The Balaban J connectivity index is 3.41. The largest absolute Gasteiger partial charge is 0.314 e. The smallest absolute Gasteiger partial charge is 0.00672 e. The van der Waals surface area contributed by atoms with E-state index in [1.165, 1.54) is 43.0 Å². The molecule has 1 atom stereocenters. The number of nitrogens with one attached hydrogen (secondary N) is 1. The minimum Gasteiger partial charge on any atom is -0.314 e. The molecule has 80 valence electrons. The maximum Gasteiger partial charge on any atom is 0.00672 e. The van der Waals surface area contributed by atoms with Crippen LogP contribution in [0.1, 0.15) is 52.4 Å². The summed E-state index contributed by atoms with van der Waals surface area (Å²) in [6.07, 6.45) is 8.23. The highest BCUT2D eigenvalue weighted by atomic mass is 127. The van der Waals surface area contributed by atoms with Crippen molar-refractivity contribution in [1.82, 2.24) is 5.32 Å². The fourth-order valence-electron chi connectivity index (χ4n) is 1.60. The van der Waals surface area contributed by atoms with Gasteiger partial charge in [-0.05, 0) is 30.2 Å². The van der Waals surface area contributed by atoms with Gasteiger partial charge in [0, 0.05) is 6.04 Å². The summed E-state index contributed by atoms with van der Waals surface area (Å²) in [4.78, 5) is 0. The van der Waals surface area contributed by atoms with Gasteiger partial charge in [-0.2, -0.15) is 0 Å². The first kappa shape index (κ1) is 13.7. The van der Waals surface area contributed by atoms with E-state index < -0.39 is 0 Å². The second kappa shape index (κ2) is 10.8. The number of rotatable bonds is 9. The lowest BCUT2D eigenvalue weighted by Crippen LogP contribution is -2.28. The van der Waals surface area contributed by atoms with Gasteiger partial charge >= 0.3 is 0 Å². The summed E-state index contributed by atoms with van der Waals surface area (Å²) in [7, 11) is 0. The summed E-state index contributed by atoms with van der Waals surface area (Å²) >= 11 is 2.47. The molecule has 0 spiro atoms. The zero-order valence-electron chi connectivity index (χ0n) is 9.11. The van der Waals surface area contributed by atoms with Gasteiger partial charge in [-0.25, -0.2) is 0 Å². The molecule has 0 aromatic heterocycles. The number of alkyl halides is 1. The third-order valence-electron chi connectivity index (χ3n) is 2.34. The Labute approximate surface area is 97.2 Å². The summed E-state index contributed by atoms with van der Waals surface area (Å²) in [5.74, 6) is 0. The van der Waals surface area contributed by atoms with Gasteiger partial charge in [0.2, 0.25) is 0 Å². The predicted octanol–water partition coefficient (Wildman–Crippen LogP) is 3.76. The summed E-state index contributed by atoms with van der Waals surface area (Å²) in [6.45, 7) is 5.60. The van der Waals surface area contributed by atoms with Crippen molar-refractivity contribution in [2.75, 3.05) is 11.0 Å². The summed E-state index contributed by atoms with van der Waals surface area (Å²) in [6, 6.07) is 0.784. The Morgan fingerprint density at radius 2 is 1.77 bits per heavy atom. The maximum absolute atomic E-state index is 3.57. The lowest BCUT2D eigenvalue weighted by molar-refractivity contribution is 0.442. The van der Waals surface area contributed by atoms with E-state index in [0.717, 1.165) is 12.6 Å². The molecule has 0 radical (unpaired) electrons. The SMILES string of the molecule is CCCCCC(CCCI)NCC. The van der Waals surface area contributed by atoms with Gasteiger partial charge in [0.05, 0.1) is 0 Å². The van der Waals surface area contributed by atoms with Crippen LogP contribution in [0.4, 0.5) is 0 Å². The van der Waals surface area contributed by atoms with Crippen molar-refractivity contribution in [1.29, 1.82) is 0 Å². The van der Waals surface area contributed by atoms with E-state index in [2.05, 4.69) is 41.8 Å². The molecule has 0 aliphatic carbocycles. The molecule has 1 nitrogen and oxygen atoms in total. The number of hydrogen-bond acceptors (Lipinski definition) is 1. The Hall–Kier alpha value is 0.690. The van der Waals surface area contributed by atoms with Gasteiger partial charge in [-0.3, -0.25) is 0 Å². The molecule has 0 aliphatic rings. The van der Waals surface area contributed by atoms with Crippen LogP contribution in [0.2, 0.25) is 0 Å². The van der Waals surface area contributed by atoms with Gasteiger partial charge < -0.3 is 5.32 Å². The molecule has 0 aromatic rings. The molecule has 0 fully saturated rings. The fourth-order valence-corrected chi connectivity index (χ4v) is 2.04. The number of hydrogen-bond donors (Lipinski definition) is 1. The van der Waals surface area contributed by atoms with Crippen molar-refractivity contribution in [2.45, 2.75) is 58.4 Å². The van der Waals surface area contributed by atoms with Gasteiger partial charge in [-0.1, -0.05) is 55.7 Å². The molecule has 0 saturated heterocycles. The van der Waals surface area contributed by atoms with E-state index in [9.17, 15) is 0 Å². The van der Waals surface area contributed by atoms with Gasteiger partial charge in [-0.15, -0.1) is 0 Å². The molecule has 1 unspecified atom stereocenters. The van der Waals surface area contributed by atoms with E-state index in [4.69, 9.17) is 0 Å². The summed E-state index contributed by atoms with van der Waals surface area (Å²) < 4.78 is 1.30. The molecule has 0 aliphatic heterocycles. The van der Waals surface area contributed by atoms with Gasteiger partial charge in [0.15, 0.2) is 0 Å². The van der Waals surface area contributed by atoms with Crippen LogP contribution in [0, 0.1) is 0 Å². The Morgan fingerprint density at radius 1 is 1.08 bits per heavy atom. The highest BCUT2D eigenvalue weighted by molar-refractivity contribution is 14.1. The second-order valence-corrected chi connectivity index (χ2v) is 4.66. The summed E-state index contributed by atoms with van der Waals surface area (Å²) in [5.41, 5.74) is 0. The lowest BCUT2D eigenvalue weighted by Gasteiger charge is -2.16. The third-order valence-corrected chi connectivity index (χ3v) is 3.10. The van der Waals surface area contributed by atoms with Crippen LogP contribution >= 0.6 is 22.6 Å². The average Bonchev–Trinajstić information content (AvgIpc) is 2.14. The zero-order valence-corrected chi connectivity index (χ0v) is 11.3. The van der Waals surface area contributed by atoms with Crippen molar-refractivity contribution in [3.8, 4) is 0 Å². The van der Waals surface area contributed by atoms with Crippen molar-refractivity contribution >= 4 is 22.6 Å². The van der Waals surface area contributed by atoms with E-state index >= 15 is 0 Å². The van der Waals surface area contributed by atoms with E-state index in [1.54, 1.807) is 0 Å². The topological polar surface area (TPSA) is 12.0 Å². The summed E-state index contributed by atoms with van der Waals surface area (Å²) in [5, 5.41) is 3.57. The van der Waals surface area contributed by atoms with Gasteiger partial charge in [0.1, 0.15) is 0 Å². The number of halogens is 1. The van der Waals surface area contributed by atoms with Crippen LogP contribution in [0.15, 0.2) is 0 Å². The molecule has 1 N–H and O–H groups in total. The molecule has 13 heavy (non-hydrogen) atoms. The van der Waals surface area contributed by atoms with E-state index in [0.29, 0.717) is 0 Å². The minimum atomic E-state index is 0.784. The Bertz CT molecular complexity index is 96.1. The second-order valence-electron chi connectivity index (χ2n) is 3.58. The molecule has 0 aromatic carbocycles. The van der Waals surface area contributed by atoms with Crippen molar-refractivity contribution in [3.05, 3.63) is 0 Å². The molecular weight excluding hydrogens is 273 g/mol. The number of unbranched alkanes of at least 4 members (excludes halogenated alkanes) is 2. The van der Waals surface area contributed by atoms with Crippen molar-refractivity contribution < 1.29 is 0 Å². The quantitative estimate of drug-likeness (QED) is 0.388. The minimum absolute atomic E-state index is 0.784. The third kappa shape index (κ3) is 9.01. The highest BCUT2D eigenvalue weighted by Crippen LogP contribution is 2.09.